The third kappa shape index (κ3) is 4.51. The molecule has 3 aromatic heterocycles. The molecule has 2 aliphatic heterocycles. The molecule has 1 amide bonds. The van der Waals surface area contributed by atoms with Crippen LogP contribution in [0.1, 0.15) is 29.9 Å². The first-order valence-electron chi connectivity index (χ1n) is 11.8. The van der Waals surface area contributed by atoms with Gasteiger partial charge in [0.15, 0.2) is 5.82 Å². The van der Waals surface area contributed by atoms with Crippen molar-refractivity contribution < 1.29 is 18.7 Å². The molecule has 5 rings (SSSR count). The molecule has 5 heterocycles. The minimum absolute atomic E-state index is 0.0539. The number of nitrogens with zero attached hydrogens (tertiary/aromatic N) is 6. The van der Waals surface area contributed by atoms with Gasteiger partial charge in [-0.15, -0.1) is 0 Å². The molecule has 0 N–H and O–H groups in total. The molecule has 0 aliphatic carbocycles. The Balaban J connectivity index is 1.54. The maximum atomic E-state index is 14.5. The summed E-state index contributed by atoms with van der Waals surface area (Å²) in [5, 5.41) is 4.91. The van der Waals surface area contributed by atoms with Crippen molar-refractivity contribution in [3.8, 4) is 22.8 Å². The van der Waals surface area contributed by atoms with Gasteiger partial charge in [-0.05, 0) is 32.5 Å². The number of methoxy groups -OCH3 is 1. The van der Waals surface area contributed by atoms with Gasteiger partial charge in [-0.2, -0.15) is 5.10 Å². The number of carbonyl (C=O) groups excluding carboxylic acids is 1. The second kappa shape index (κ2) is 9.71. The van der Waals surface area contributed by atoms with Crippen LogP contribution in [0.15, 0.2) is 30.6 Å². The third-order valence-corrected chi connectivity index (χ3v) is 6.70. The van der Waals surface area contributed by atoms with Crippen LogP contribution in [0.2, 0.25) is 0 Å². The van der Waals surface area contributed by atoms with Gasteiger partial charge in [-0.3, -0.25) is 14.7 Å². The summed E-state index contributed by atoms with van der Waals surface area (Å²) in [5.74, 6) is -0.498. The predicted molar refractivity (Wildman–Crippen MR) is 127 cm³/mol. The lowest BCUT2D eigenvalue weighted by atomic mass is 10.0. The van der Waals surface area contributed by atoms with E-state index in [1.165, 1.54) is 13.2 Å². The summed E-state index contributed by atoms with van der Waals surface area (Å²) in [6.07, 6.45) is 4.67. The SMILES string of the molecule is COc1ncc(-n2nc(-c3ccnc(C(C)N4CCN(C)CC4=O)c3)c3c2CCOCC3)cc1F. The molecule has 10 heteroatoms. The Morgan fingerprint density at radius 1 is 1.17 bits per heavy atom. The normalized spacial score (nSPS) is 17.7. The highest BCUT2D eigenvalue weighted by molar-refractivity contribution is 5.79. The number of hydrogen-bond donors (Lipinski definition) is 0. The lowest BCUT2D eigenvalue weighted by molar-refractivity contribution is -0.137. The first kappa shape index (κ1) is 23.4. The van der Waals surface area contributed by atoms with Gasteiger partial charge in [0.05, 0.1) is 61.9 Å². The zero-order valence-electron chi connectivity index (χ0n) is 20.2. The highest BCUT2D eigenvalue weighted by Gasteiger charge is 2.28. The summed E-state index contributed by atoms with van der Waals surface area (Å²) < 4.78 is 26.9. The summed E-state index contributed by atoms with van der Waals surface area (Å²) in [5.41, 5.74) is 5.09. The van der Waals surface area contributed by atoms with Crippen molar-refractivity contribution >= 4 is 5.91 Å². The zero-order chi connectivity index (χ0) is 24.5. The number of ether oxygens (including phenoxy) is 2. The number of piperazine rings is 1. The van der Waals surface area contributed by atoms with E-state index in [0.29, 0.717) is 44.8 Å². The fourth-order valence-electron chi connectivity index (χ4n) is 4.77. The molecule has 1 saturated heterocycles. The number of halogens is 1. The monoisotopic (exact) mass is 480 g/mol. The third-order valence-electron chi connectivity index (χ3n) is 6.70. The Hall–Kier alpha value is -3.37. The minimum atomic E-state index is -0.544. The Labute approximate surface area is 203 Å². The van der Waals surface area contributed by atoms with Gasteiger partial charge >= 0.3 is 0 Å². The van der Waals surface area contributed by atoms with Gasteiger partial charge < -0.3 is 14.4 Å². The quantitative estimate of drug-likeness (QED) is 0.555. The molecule has 1 unspecified atom stereocenters. The molecular weight excluding hydrogens is 451 g/mol. The minimum Gasteiger partial charge on any atom is -0.479 e. The molecule has 184 valence electrons. The molecule has 0 radical (unpaired) electrons. The summed E-state index contributed by atoms with van der Waals surface area (Å²) in [6.45, 7) is 5.07. The number of fused-ring (bicyclic) bond motifs is 1. The van der Waals surface area contributed by atoms with E-state index in [1.54, 1.807) is 17.1 Å². The molecule has 1 atom stereocenters. The van der Waals surface area contributed by atoms with E-state index in [2.05, 4.69) is 9.97 Å². The second-order valence-corrected chi connectivity index (χ2v) is 8.95. The molecule has 9 nitrogen and oxygen atoms in total. The Bertz CT molecular complexity index is 1250. The van der Waals surface area contributed by atoms with Crippen molar-refractivity contribution in [2.45, 2.75) is 25.8 Å². The molecule has 35 heavy (non-hydrogen) atoms. The molecule has 2 aliphatic rings. The van der Waals surface area contributed by atoms with E-state index in [1.807, 2.05) is 35.9 Å². The number of rotatable bonds is 5. The maximum absolute atomic E-state index is 14.5. The summed E-state index contributed by atoms with van der Waals surface area (Å²) >= 11 is 0. The summed E-state index contributed by atoms with van der Waals surface area (Å²) in [4.78, 5) is 25.2. The van der Waals surface area contributed by atoms with Gasteiger partial charge in [0.2, 0.25) is 11.8 Å². The lowest BCUT2D eigenvalue weighted by Gasteiger charge is -2.36. The average molecular weight is 481 g/mol. The van der Waals surface area contributed by atoms with Crippen LogP contribution in [-0.2, 0) is 22.4 Å². The van der Waals surface area contributed by atoms with Crippen molar-refractivity contribution in [1.82, 2.24) is 29.5 Å². The highest BCUT2D eigenvalue weighted by Crippen LogP contribution is 2.32. The van der Waals surface area contributed by atoms with E-state index in [-0.39, 0.29) is 17.8 Å². The Morgan fingerprint density at radius 2 is 2.00 bits per heavy atom. The van der Waals surface area contributed by atoms with Crippen molar-refractivity contribution in [2.75, 3.05) is 47.0 Å². The summed E-state index contributed by atoms with van der Waals surface area (Å²) in [6, 6.07) is 5.16. The van der Waals surface area contributed by atoms with Crippen LogP contribution < -0.4 is 4.74 Å². The van der Waals surface area contributed by atoms with Crippen LogP contribution >= 0.6 is 0 Å². The van der Waals surface area contributed by atoms with Crippen LogP contribution in [0.25, 0.3) is 16.9 Å². The molecule has 0 bridgehead atoms. The first-order chi connectivity index (χ1) is 17.0. The van der Waals surface area contributed by atoms with E-state index >= 15 is 0 Å². The highest BCUT2D eigenvalue weighted by atomic mass is 19.1. The number of carbonyl (C=O) groups is 1. The number of amides is 1. The lowest BCUT2D eigenvalue weighted by Crippen LogP contribution is -2.49. The summed E-state index contributed by atoms with van der Waals surface area (Å²) in [7, 11) is 3.34. The van der Waals surface area contributed by atoms with Gasteiger partial charge in [-0.1, -0.05) is 0 Å². The van der Waals surface area contributed by atoms with Crippen LogP contribution in [0, 0.1) is 5.82 Å². The van der Waals surface area contributed by atoms with Crippen LogP contribution in [0.4, 0.5) is 4.39 Å². The van der Waals surface area contributed by atoms with Crippen molar-refractivity contribution in [1.29, 1.82) is 0 Å². The van der Waals surface area contributed by atoms with Crippen LogP contribution in [-0.4, -0.2) is 82.5 Å². The fourth-order valence-corrected chi connectivity index (χ4v) is 4.77. The van der Waals surface area contributed by atoms with Crippen LogP contribution in [0.5, 0.6) is 5.88 Å². The smallest absolute Gasteiger partial charge is 0.250 e. The molecule has 3 aromatic rings. The largest absolute Gasteiger partial charge is 0.479 e. The standard InChI is InChI=1S/C25H29FN6O3/c1-16(31-9-8-30(2)15-23(31)33)21-12-17(4-7-27-21)24-19-5-10-35-11-6-22(19)32(29-24)18-13-20(26)25(34-3)28-14-18/h4,7,12-14,16H,5-6,8-11,15H2,1-3H3. The van der Waals surface area contributed by atoms with Gasteiger partial charge in [0.25, 0.3) is 0 Å². The predicted octanol–water partition coefficient (Wildman–Crippen LogP) is 2.43. The number of likely N-dealkylation sites (N-methyl/N-ethyl adjacent to an activating group) is 1. The second-order valence-electron chi connectivity index (χ2n) is 8.95. The van der Waals surface area contributed by atoms with Crippen LogP contribution in [0.3, 0.4) is 0 Å². The molecule has 0 aromatic carbocycles. The van der Waals surface area contributed by atoms with Gasteiger partial charge in [0, 0.05) is 42.9 Å². The fraction of sp³-hybridized carbons (Fsp3) is 0.440. The zero-order valence-corrected chi connectivity index (χ0v) is 20.2. The first-order valence-corrected chi connectivity index (χ1v) is 11.8. The maximum Gasteiger partial charge on any atom is 0.250 e. The molecule has 1 fully saturated rings. The average Bonchev–Trinajstić information content (AvgIpc) is 3.04. The van der Waals surface area contributed by atoms with E-state index in [9.17, 15) is 9.18 Å². The number of pyridine rings is 2. The van der Waals surface area contributed by atoms with E-state index in [4.69, 9.17) is 14.6 Å². The van der Waals surface area contributed by atoms with Crippen molar-refractivity contribution in [3.05, 3.63) is 53.4 Å². The molecule has 0 spiro atoms. The molecular formula is C25H29FN6O3. The Kier molecular flexibility index (Phi) is 6.48. The number of aromatic nitrogens is 4. The van der Waals surface area contributed by atoms with Crippen molar-refractivity contribution in [2.24, 2.45) is 0 Å². The van der Waals surface area contributed by atoms with Crippen molar-refractivity contribution in [3.63, 3.8) is 0 Å². The number of hydrogen-bond acceptors (Lipinski definition) is 7. The van der Waals surface area contributed by atoms with Gasteiger partial charge in [-0.25, -0.2) is 14.1 Å². The Morgan fingerprint density at radius 3 is 2.77 bits per heavy atom. The topological polar surface area (TPSA) is 85.6 Å². The molecule has 0 saturated carbocycles. The van der Waals surface area contributed by atoms with Gasteiger partial charge in [0.1, 0.15) is 0 Å². The van der Waals surface area contributed by atoms with E-state index in [0.717, 1.165) is 34.8 Å². The van der Waals surface area contributed by atoms with E-state index < -0.39 is 5.82 Å².